The van der Waals surface area contributed by atoms with Crippen LogP contribution in [-0.4, -0.2) is 34.9 Å². The number of rotatable bonds is 5. The fraction of sp³-hybridized carbons (Fsp3) is 0.150. The Kier molecular flexibility index (Phi) is 4.93. The van der Waals surface area contributed by atoms with Gasteiger partial charge in [-0.3, -0.25) is 14.5 Å². The summed E-state index contributed by atoms with van der Waals surface area (Å²) < 4.78 is 25.4. The van der Waals surface area contributed by atoms with Gasteiger partial charge in [0.15, 0.2) is 10.8 Å². The van der Waals surface area contributed by atoms with E-state index in [1.807, 2.05) is 17.5 Å². The number of amides is 1. The summed E-state index contributed by atoms with van der Waals surface area (Å²) in [5, 5.41) is 4.84. The molecule has 29 heavy (non-hydrogen) atoms. The molecule has 4 rings (SSSR count). The summed E-state index contributed by atoms with van der Waals surface area (Å²) in [6.45, 7) is 2.10. The lowest BCUT2D eigenvalue weighted by Crippen LogP contribution is -2.13. The van der Waals surface area contributed by atoms with Crippen LogP contribution < -0.4 is 5.32 Å². The van der Waals surface area contributed by atoms with E-state index >= 15 is 0 Å². The second kappa shape index (κ2) is 7.41. The molecule has 9 heteroatoms. The maximum atomic E-state index is 12.8. The smallest absolute Gasteiger partial charge is 0.278 e. The monoisotopic (exact) mass is 426 g/mol. The predicted molar refractivity (Wildman–Crippen MR) is 113 cm³/mol. The fourth-order valence-corrected chi connectivity index (χ4v) is 4.46. The van der Waals surface area contributed by atoms with Crippen LogP contribution >= 0.6 is 11.3 Å². The van der Waals surface area contributed by atoms with Crippen molar-refractivity contribution >= 4 is 37.7 Å². The molecule has 4 aromatic rings. The van der Waals surface area contributed by atoms with Crippen LogP contribution in [0.4, 0.5) is 5.13 Å². The Morgan fingerprint density at radius 3 is 2.59 bits per heavy atom. The average Bonchev–Trinajstić information content (AvgIpc) is 3.32. The van der Waals surface area contributed by atoms with Crippen LogP contribution in [0.1, 0.15) is 23.0 Å². The first-order valence-electron chi connectivity index (χ1n) is 8.90. The molecule has 1 amide bonds. The van der Waals surface area contributed by atoms with E-state index in [-0.39, 0.29) is 10.9 Å². The summed E-state index contributed by atoms with van der Waals surface area (Å²) in [5.41, 5.74) is 3.42. The number of anilines is 1. The number of imidazole rings is 1. The van der Waals surface area contributed by atoms with Gasteiger partial charge in [-0.2, -0.15) is 0 Å². The maximum Gasteiger partial charge on any atom is 0.278 e. The van der Waals surface area contributed by atoms with Crippen LogP contribution in [0.15, 0.2) is 59.2 Å². The molecular formula is C20H18N4O3S2. The number of carbonyl (C=O) groups excluding carboxylic acids is 1. The zero-order valence-electron chi connectivity index (χ0n) is 15.8. The minimum Gasteiger partial charge on any atom is -0.296 e. The number of nitrogens with one attached hydrogen (secondary N) is 1. The minimum atomic E-state index is -3.59. The van der Waals surface area contributed by atoms with Crippen LogP contribution in [0.25, 0.3) is 16.8 Å². The molecule has 0 bridgehead atoms. The molecule has 0 aliphatic heterocycles. The summed E-state index contributed by atoms with van der Waals surface area (Å²) in [4.78, 5) is 21.3. The van der Waals surface area contributed by atoms with Crippen LogP contribution in [0.2, 0.25) is 0 Å². The zero-order chi connectivity index (χ0) is 20.6. The second-order valence-electron chi connectivity index (χ2n) is 6.51. The highest BCUT2D eigenvalue weighted by Crippen LogP contribution is 2.26. The van der Waals surface area contributed by atoms with Crippen molar-refractivity contribution in [3.05, 3.63) is 65.3 Å². The van der Waals surface area contributed by atoms with Gasteiger partial charge in [0.1, 0.15) is 0 Å². The van der Waals surface area contributed by atoms with Gasteiger partial charge < -0.3 is 0 Å². The van der Waals surface area contributed by atoms with Crippen molar-refractivity contribution in [3.63, 3.8) is 0 Å². The van der Waals surface area contributed by atoms with Crippen LogP contribution in [0, 0.1) is 0 Å². The molecule has 0 aliphatic rings. The number of aryl methyl sites for hydroxylation is 1. The normalized spacial score (nSPS) is 11.7. The SMILES string of the molecule is CCc1ccc(-c2csc(NC(=O)c3nc(S(C)(=O)=O)n4ccccc34)n2)cc1. The minimum absolute atomic E-state index is 0.0371. The van der Waals surface area contributed by atoms with E-state index in [0.717, 1.165) is 23.9 Å². The molecule has 148 valence electrons. The number of sulfone groups is 1. The Labute approximate surface area is 172 Å². The number of hydrogen-bond donors (Lipinski definition) is 1. The quantitative estimate of drug-likeness (QED) is 0.525. The largest absolute Gasteiger partial charge is 0.296 e. The lowest BCUT2D eigenvalue weighted by atomic mass is 10.1. The molecule has 0 spiro atoms. The van der Waals surface area contributed by atoms with Crippen molar-refractivity contribution in [2.24, 2.45) is 0 Å². The number of fused-ring (bicyclic) bond motifs is 1. The fourth-order valence-electron chi connectivity index (χ4n) is 2.97. The Morgan fingerprint density at radius 1 is 1.14 bits per heavy atom. The molecule has 0 aliphatic carbocycles. The van der Waals surface area contributed by atoms with Gasteiger partial charge in [-0.1, -0.05) is 37.3 Å². The number of aromatic nitrogens is 3. The first-order chi connectivity index (χ1) is 13.9. The zero-order valence-corrected chi connectivity index (χ0v) is 17.4. The van der Waals surface area contributed by atoms with Gasteiger partial charge in [0, 0.05) is 23.4 Å². The summed E-state index contributed by atoms with van der Waals surface area (Å²) in [5.74, 6) is -0.508. The Bertz CT molecular complexity index is 1310. The second-order valence-corrected chi connectivity index (χ2v) is 9.28. The van der Waals surface area contributed by atoms with Crippen molar-refractivity contribution in [2.75, 3.05) is 11.6 Å². The number of hydrogen-bond acceptors (Lipinski definition) is 6. The molecular weight excluding hydrogens is 408 g/mol. The van der Waals surface area contributed by atoms with Gasteiger partial charge in [-0.25, -0.2) is 18.4 Å². The lowest BCUT2D eigenvalue weighted by Gasteiger charge is -2.00. The Hall–Kier alpha value is -3.04. The first kappa shape index (κ1) is 19.3. The molecule has 0 radical (unpaired) electrons. The highest BCUT2D eigenvalue weighted by Gasteiger charge is 2.23. The average molecular weight is 427 g/mol. The molecule has 7 nitrogen and oxygen atoms in total. The number of carbonyl (C=O) groups is 1. The Morgan fingerprint density at radius 2 is 1.90 bits per heavy atom. The summed E-state index contributed by atoms with van der Waals surface area (Å²) in [6.07, 6.45) is 3.59. The van der Waals surface area contributed by atoms with Gasteiger partial charge in [0.05, 0.1) is 11.2 Å². The van der Waals surface area contributed by atoms with Crippen molar-refractivity contribution in [3.8, 4) is 11.3 Å². The van der Waals surface area contributed by atoms with Gasteiger partial charge in [-0.15, -0.1) is 11.3 Å². The highest BCUT2D eigenvalue weighted by molar-refractivity contribution is 7.90. The van der Waals surface area contributed by atoms with E-state index in [1.54, 1.807) is 24.4 Å². The summed E-state index contributed by atoms with van der Waals surface area (Å²) in [6, 6.07) is 13.2. The third-order valence-electron chi connectivity index (χ3n) is 4.45. The molecule has 0 unspecified atom stereocenters. The topological polar surface area (TPSA) is 93.4 Å². The predicted octanol–water partition coefficient (Wildman–Crippen LogP) is 3.68. The maximum absolute atomic E-state index is 12.8. The van der Waals surface area contributed by atoms with E-state index in [0.29, 0.717) is 10.6 Å². The van der Waals surface area contributed by atoms with Crippen molar-refractivity contribution in [2.45, 2.75) is 18.5 Å². The number of benzene rings is 1. The number of thiazole rings is 1. The molecule has 0 fully saturated rings. The van der Waals surface area contributed by atoms with Crippen LogP contribution in [-0.2, 0) is 16.3 Å². The van der Waals surface area contributed by atoms with E-state index in [1.165, 1.54) is 21.3 Å². The first-order valence-corrected chi connectivity index (χ1v) is 11.7. The molecule has 0 atom stereocenters. The van der Waals surface area contributed by atoms with E-state index in [9.17, 15) is 13.2 Å². The van der Waals surface area contributed by atoms with E-state index in [4.69, 9.17) is 0 Å². The third-order valence-corrected chi connectivity index (χ3v) is 6.15. The van der Waals surface area contributed by atoms with Gasteiger partial charge in [0.25, 0.3) is 5.91 Å². The third kappa shape index (κ3) is 3.79. The molecule has 1 N–H and O–H groups in total. The molecule has 0 saturated heterocycles. The van der Waals surface area contributed by atoms with Crippen molar-refractivity contribution in [1.82, 2.24) is 14.4 Å². The number of pyridine rings is 1. The van der Waals surface area contributed by atoms with E-state index < -0.39 is 15.7 Å². The standard InChI is InChI=1S/C20H18N4O3S2/c1-3-13-7-9-14(10-8-13)15-12-28-19(21-15)23-18(25)17-16-6-4-5-11-24(16)20(22-17)29(2,26)27/h4-12H,3H2,1-2H3,(H,21,23,25). The highest BCUT2D eigenvalue weighted by atomic mass is 32.2. The molecule has 0 saturated carbocycles. The van der Waals surface area contributed by atoms with Gasteiger partial charge in [-0.05, 0) is 24.1 Å². The summed E-state index contributed by atoms with van der Waals surface area (Å²) >= 11 is 1.30. The Balaban J connectivity index is 1.63. The van der Waals surface area contributed by atoms with Gasteiger partial charge in [0.2, 0.25) is 15.0 Å². The van der Waals surface area contributed by atoms with Gasteiger partial charge >= 0.3 is 0 Å². The molecule has 1 aromatic carbocycles. The van der Waals surface area contributed by atoms with Crippen LogP contribution in [0.3, 0.4) is 0 Å². The van der Waals surface area contributed by atoms with Crippen molar-refractivity contribution < 1.29 is 13.2 Å². The summed E-state index contributed by atoms with van der Waals surface area (Å²) in [7, 11) is -3.59. The number of nitrogens with zero attached hydrogens (tertiary/aromatic N) is 3. The molecule has 3 aromatic heterocycles. The van der Waals surface area contributed by atoms with E-state index in [2.05, 4.69) is 34.3 Å². The van der Waals surface area contributed by atoms with Crippen molar-refractivity contribution in [1.29, 1.82) is 0 Å². The molecule has 3 heterocycles. The van der Waals surface area contributed by atoms with Crippen LogP contribution in [0.5, 0.6) is 0 Å². The lowest BCUT2D eigenvalue weighted by molar-refractivity contribution is 0.102.